The highest BCUT2D eigenvalue weighted by Crippen LogP contribution is 2.27. The Labute approximate surface area is 110 Å². The fraction of sp³-hybridized carbons (Fsp3) is 0.800. The standard InChI is InChI=1S/C8H16.C3H7NO.C2H6.C2H2.H2/c1-7-3-5-8(2)6-4-7;1-2-3(4)5;2*1-2;/h7-8H,3-6H2,1-2H3;2H2,1H3,(H2,4,5);1-2H3;1-2H;1H. The van der Waals surface area contributed by atoms with Gasteiger partial charge in [-0.05, 0) is 11.8 Å². The summed E-state index contributed by atoms with van der Waals surface area (Å²) in [5.74, 6) is 1.79. The lowest BCUT2D eigenvalue weighted by atomic mass is 9.84. The molecule has 2 heteroatoms. The van der Waals surface area contributed by atoms with Crippen LogP contribution in [0.3, 0.4) is 0 Å². The molecule has 0 radical (unpaired) electrons. The molecule has 104 valence electrons. The quantitative estimate of drug-likeness (QED) is 0.688. The highest BCUT2D eigenvalue weighted by molar-refractivity contribution is 5.73. The van der Waals surface area contributed by atoms with Gasteiger partial charge in [-0.3, -0.25) is 4.79 Å². The average Bonchev–Trinajstić information content (AvgIpc) is 2.38. The van der Waals surface area contributed by atoms with Crippen molar-refractivity contribution in [2.45, 2.75) is 66.7 Å². The summed E-state index contributed by atoms with van der Waals surface area (Å²) in [5.41, 5.74) is 4.65. The minimum absolute atomic E-state index is 0. The molecule has 0 spiro atoms. The zero-order valence-corrected chi connectivity index (χ0v) is 12.3. The Morgan fingerprint density at radius 3 is 1.41 bits per heavy atom. The number of amides is 1. The van der Waals surface area contributed by atoms with Crippen molar-refractivity contribution in [2.75, 3.05) is 0 Å². The van der Waals surface area contributed by atoms with Crippen LogP contribution >= 0.6 is 0 Å². The van der Waals surface area contributed by atoms with Crippen LogP contribution in [0, 0.1) is 24.7 Å². The summed E-state index contributed by atoms with van der Waals surface area (Å²) in [7, 11) is 0. The van der Waals surface area contributed by atoms with Crippen molar-refractivity contribution < 1.29 is 6.22 Å². The predicted molar refractivity (Wildman–Crippen MR) is 79.6 cm³/mol. The molecule has 17 heavy (non-hydrogen) atoms. The van der Waals surface area contributed by atoms with Crippen molar-refractivity contribution in [3.05, 3.63) is 0 Å². The lowest BCUT2D eigenvalue weighted by Crippen LogP contribution is -2.08. The van der Waals surface area contributed by atoms with Crippen LogP contribution in [-0.2, 0) is 4.79 Å². The van der Waals surface area contributed by atoms with E-state index in [2.05, 4.69) is 32.4 Å². The summed E-state index contributed by atoms with van der Waals surface area (Å²) >= 11 is 0. The predicted octanol–water partition coefficient (Wildman–Crippen LogP) is 4.24. The molecule has 2 nitrogen and oxygen atoms in total. The van der Waals surface area contributed by atoms with E-state index in [1.807, 2.05) is 13.8 Å². The van der Waals surface area contributed by atoms with E-state index in [1.165, 1.54) is 25.7 Å². The van der Waals surface area contributed by atoms with Crippen LogP contribution in [0.2, 0.25) is 0 Å². The number of rotatable bonds is 1. The first-order valence-corrected chi connectivity index (χ1v) is 6.67. The summed E-state index contributed by atoms with van der Waals surface area (Å²) < 4.78 is 0. The number of primary amides is 1. The third-order valence-corrected chi connectivity index (χ3v) is 2.65. The molecule has 0 saturated heterocycles. The Bertz CT molecular complexity index is 163. The van der Waals surface area contributed by atoms with E-state index in [4.69, 9.17) is 0 Å². The van der Waals surface area contributed by atoms with Gasteiger partial charge in [0.05, 0.1) is 0 Å². The summed E-state index contributed by atoms with van der Waals surface area (Å²) in [6, 6.07) is 0. The summed E-state index contributed by atoms with van der Waals surface area (Å²) in [6.07, 6.45) is 14.3. The van der Waals surface area contributed by atoms with Gasteiger partial charge < -0.3 is 5.73 Å². The van der Waals surface area contributed by atoms with Gasteiger partial charge in [0.1, 0.15) is 0 Å². The molecule has 0 aromatic heterocycles. The number of hydrogen-bond acceptors (Lipinski definition) is 1. The molecule has 1 fully saturated rings. The Kier molecular flexibility index (Phi) is 21.9. The molecule has 0 aromatic carbocycles. The Hall–Kier alpha value is -0.970. The van der Waals surface area contributed by atoms with Gasteiger partial charge in [0.15, 0.2) is 0 Å². The molecule has 0 aliphatic heterocycles. The second-order valence-electron chi connectivity index (χ2n) is 4.18. The maximum atomic E-state index is 9.59. The number of hydrogen-bond donors (Lipinski definition) is 1. The maximum Gasteiger partial charge on any atom is 0.217 e. The number of nitrogens with two attached hydrogens (primary N) is 1. The first-order valence-electron chi connectivity index (χ1n) is 6.67. The molecular weight excluding hydrogens is 210 g/mol. The van der Waals surface area contributed by atoms with Crippen LogP contribution in [-0.4, -0.2) is 5.91 Å². The van der Waals surface area contributed by atoms with Crippen molar-refractivity contribution in [2.24, 2.45) is 17.6 Å². The third kappa shape index (κ3) is 21.0. The van der Waals surface area contributed by atoms with E-state index < -0.39 is 0 Å². The van der Waals surface area contributed by atoms with E-state index in [0.717, 1.165) is 11.8 Å². The minimum Gasteiger partial charge on any atom is -0.370 e. The van der Waals surface area contributed by atoms with Crippen molar-refractivity contribution in [3.8, 4) is 12.8 Å². The van der Waals surface area contributed by atoms with Gasteiger partial charge in [-0.1, -0.05) is 60.3 Å². The molecule has 0 unspecified atom stereocenters. The van der Waals surface area contributed by atoms with Crippen LogP contribution < -0.4 is 5.73 Å². The van der Waals surface area contributed by atoms with Crippen molar-refractivity contribution in [1.82, 2.24) is 0 Å². The second-order valence-corrected chi connectivity index (χ2v) is 4.18. The Balaban J connectivity index is -0.0000000863. The number of carbonyl (C=O) groups excluding carboxylic acids is 1. The zero-order chi connectivity index (χ0) is 14.3. The maximum absolute atomic E-state index is 9.59. The minimum atomic E-state index is -0.245. The molecular formula is C15H33NO. The van der Waals surface area contributed by atoms with Gasteiger partial charge in [-0.2, -0.15) is 0 Å². The van der Waals surface area contributed by atoms with Crippen LogP contribution in [0.15, 0.2) is 0 Å². The van der Waals surface area contributed by atoms with E-state index in [9.17, 15) is 4.79 Å². The van der Waals surface area contributed by atoms with Crippen LogP contribution in [0.25, 0.3) is 0 Å². The highest BCUT2D eigenvalue weighted by atomic mass is 16.1. The van der Waals surface area contributed by atoms with Crippen molar-refractivity contribution in [3.63, 3.8) is 0 Å². The summed E-state index contributed by atoms with van der Waals surface area (Å²) in [5, 5.41) is 0. The smallest absolute Gasteiger partial charge is 0.217 e. The molecule has 2 N–H and O–H groups in total. The highest BCUT2D eigenvalue weighted by Gasteiger charge is 2.13. The van der Waals surface area contributed by atoms with Crippen LogP contribution in [0.4, 0.5) is 0 Å². The molecule has 1 aliphatic rings. The lowest BCUT2D eigenvalue weighted by Gasteiger charge is -2.22. The summed E-state index contributed by atoms with van der Waals surface area (Å²) in [6.45, 7) is 10.5. The molecule has 0 aromatic rings. The molecule has 1 aliphatic carbocycles. The van der Waals surface area contributed by atoms with E-state index in [-0.39, 0.29) is 7.33 Å². The molecule has 1 rings (SSSR count). The van der Waals surface area contributed by atoms with Crippen LogP contribution in [0.5, 0.6) is 0 Å². The van der Waals surface area contributed by atoms with Gasteiger partial charge in [0.2, 0.25) is 5.91 Å². The molecule has 0 atom stereocenters. The Morgan fingerprint density at radius 2 is 1.29 bits per heavy atom. The van der Waals surface area contributed by atoms with Gasteiger partial charge in [0.25, 0.3) is 0 Å². The molecule has 0 heterocycles. The van der Waals surface area contributed by atoms with E-state index >= 15 is 0 Å². The fourth-order valence-electron chi connectivity index (χ4n) is 1.43. The SMILES string of the molecule is C#C.CC.CC1CCC(C)CC1.CCC(N)=O.[HH]. The van der Waals surface area contributed by atoms with Crippen LogP contribution in [0.1, 0.15) is 68.1 Å². The summed E-state index contributed by atoms with van der Waals surface area (Å²) in [4.78, 5) is 9.59. The fourth-order valence-corrected chi connectivity index (χ4v) is 1.43. The van der Waals surface area contributed by atoms with E-state index in [1.54, 1.807) is 6.92 Å². The van der Waals surface area contributed by atoms with Gasteiger partial charge >= 0.3 is 0 Å². The number of carbonyl (C=O) groups is 1. The molecule has 1 amide bonds. The average molecular weight is 243 g/mol. The topological polar surface area (TPSA) is 43.1 Å². The number of terminal acetylenes is 1. The normalized spacial score (nSPS) is 21.4. The lowest BCUT2D eigenvalue weighted by molar-refractivity contribution is -0.117. The first-order chi connectivity index (χ1) is 8.06. The van der Waals surface area contributed by atoms with Gasteiger partial charge in [-0.25, -0.2) is 0 Å². The van der Waals surface area contributed by atoms with Crippen molar-refractivity contribution >= 4 is 5.91 Å². The Morgan fingerprint density at radius 1 is 1.12 bits per heavy atom. The van der Waals surface area contributed by atoms with Crippen molar-refractivity contribution in [1.29, 1.82) is 0 Å². The molecule has 0 bridgehead atoms. The zero-order valence-electron chi connectivity index (χ0n) is 12.3. The third-order valence-electron chi connectivity index (χ3n) is 2.65. The largest absolute Gasteiger partial charge is 0.370 e. The van der Waals surface area contributed by atoms with Gasteiger partial charge in [-0.15, -0.1) is 12.8 Å². The van der Waals surface area contributed by atoms with Gasteiger partial charge in [0, 0.05) is 7.85 Å². The first kappa shape index (κ1) is 21.3. The monoisotopic (exact) mass is 243 g/mol. The second kappa shape index (κ2) is 17.4. The molecule has 1 saturated carbocycles. The van der Waals surface area contributed by atoms with E-state index in [0.29, 0.717) is 6.42 Å².